The Hall–Kier alpha value is -1.46. The zero-order valence-electron chi connectivity index (χ0n) is 13.9. The van der Waals surface area contributed by atoms with Crippen LogP contribution in [0.1, 0.15) is 11.1 Å². The van der Waals surface area contributed by atoms with Crippen LogP contribution in [-0.4, -0.2) is 0 Å². The average molecular weight is 490 g/mol. The Morgan fingerprint density at radius 2 is 1.67 bits per heavy atom. The van der Waals surface area contributed by atoms with E-state index in [4.69, 9.17) is 39.5 Å². The van der Waals surface area contributed by atoms with Gasteiger partial charge in [-0.1, -0.05) is 56.8 Å². The predicted molar refractivity (Wildman–Crippen MR) is 114 cm³/mol. The molecule has 0 bridgehead atoms. The Kier molecular flexibility index (Phi) is 6.88. The van der Waals surface area contributed by atoms with Crippen LogP contribution in [0.15, 0.2) is 59.1 Å². The van der Waals surface area contributed by atoms with Crippen molar-refractivity contribution >= 4 is 56.4 Å². The van der Waals surface area contributed by atoms with E-state index in [1.165, 1.54) is 6.07 Å². The lowest BCUT2D eigenvalue weighted by Crippen LogP contribution is -2.04. The Balaban J connectivity index is 1.75. The van der Waals surface area contributed by atoms with Crippen LogP contribution >= 0.6 is 50.7 Å². The number of rotatable bonds is 6. The van der Waals surface area contributed by atoms with E-state index in [0.29, 0.717) is 28.0 Å². The molecule has 2 nitrogen and oxygen atoms in total. The summed E-state index contributed by atoms with van der Waals surface area (Å²) < 4.78 is 20.2. The van der Waals surface area contributed by atoms with Crippen molar-refractivity contribution in [1.29, 1.82) is 0 Å². The van der Waals surface area contributed by atoms with Crippen molar-refractivity contribution in [3.63, 3.8) is 0 Å². The summed E-state index contributed by atoms with van der Waals surface area (Å²) in [6.07, 6.45) is 0. The fourth-order valence-electron chi connectivity index (χ4n) is 2.45. The van der Waals surface area contributed by atoms with Gasteiger partial charge in [0.05, 0.1) is 5.02 Å². The number of halogens is 5. The molecule has 27 heavy (non-hydrogen) atoms. The third-order valence-corrected chi connectivity index (χ3v) is 5.35. The van der Waals surface area contributed by atoms with Crippen molar-refractivity contribution in [3.8, 4) is 5.75 Å². The van der Waals surface area contributed by atoms with Gasteiger partial charge in [-0.25, -0.2) is 4.39 Å². The monoisotopic (exact) mass is 487 g/mol. The van der Waals surface area contributed by atoms with Gasteiger partial charge in [0.15, 0.2) is 0 Å². The van der Waals surface area contributed by atoms with Crippen molar-refractivity contribution < 1.29 is 9.13 Å². The summed E-state index contributed by atoms with van der Waals surface area (Å²) in [6, 6.07) is 15.5. The molecule has 0 aromatic heterocycles. The molecule has 0 unspecified atom stereocenters. The van der Waals surface area contributed by atoms with Gasteiger partial charge in [-0.3, -0.25) is 0 Å². The van der Waals surface area contributed by atoms with E-state index in [1.54, 1.807) is 30.3 Å². The fourth-order valence-corrected chi connectivity index (χ4v) is 3.55. The number of hydrogen-bond donors (Lipinski definition) is 1. The first-order chi connectivity index (χ1) is 12.9. The molecule has 0 aliphatic heterocycles. The van der Waals surface area contributed by atoms with Gasteiger partial charge in [-0.2, -0.15) is 0 Å². The van der Waals surface area contributed by atoms with E-state index in [1.807, 2.05) is 18.2 Å². The minimum atomic E-state index is -0.453. The van der Waals surface area contributed by atoms with Crippen molar-refractivity contribution in [2.24, 2.45) is 0 Å². The van der Waals surface area contributed by atoms with Crippen LogP contribution in [0.5, 0.6) is 5.75 Å². The summed E-state index contributed by atoms with van der Waals surface area (Å²) in [6.45, 7) is 0.711. The quantitative estimate of drug-likeness (QED) is 0.382. The van der Waals surface area contributed by atoms with Gasteiger partial charge >= 0.3 is 0 Å². The van der Waals surface area contributed by atoms with E-state index in [2.05, 4.69) is 21.2 Å². The maximum Gasteiger partial charge on any atom is 0.141 e. The molecule has 3 aromatic rings. The molecule has 0 radical (unpaired) electrons. The van der Waals surface area contributed by atoms with Crippen molar-refractivity contribution in [2.45, 2.75) is 13.2 Å². The summed E-state index contributed by atoms with van der Waals surface area (Å²) in [7, 11) is 0. The van der Waals surface area contributed by atoms with Crippen LogP contribution in [0, 0.1) is 5.82 Å². The highest BCUT2D eigenvalue weighted by Crippen LogP contribution is 2.29. The van der Waals surface area contributed by atoms with Gasteiger partial charge in [0.25, 0.3) is 0 Å². The highest BCUT2D eigenvalue weighted by atomic mass is 79.9. The number of hydrogen-bond acceptors (Lipinski definition) is 2. The number of benzene rings is 3. The first kappa shape index (κ1) is 20.3. The van der Waals surface area contributed by atoms with Crippen LogP contribution in [0.2, 0.25) is 15.1 Å². The molecule has 140 valence electrons. The molecule has 0 spiro atoms. The lowest BCUT2D eigenvalue weighted by molar-refractivity contribution is 0.303. The van der Waals surface area contributed by atoms with Gasteiger partial charge in [0.2, 0.25) is 0 Å². The molecule has 0 amide bonds. The first-order valence-corrected chi connectivity index (χ1v) is 9.90. The second-order valence-electron chi connectivity index (χ2n) is 5.72. The van der Waals surface area contributed by atoms with E-state index in [0.717, 1.165) is 15.6 Å². The van der Waals surface area contributed by atoms with Crippen molar-refractivity contribution in [2.75, 3.05) is 5.32 Å². The molecule has 0 atom stereocenters. The maximum absolute atomic E-state index is 13.3. The molecule has 3 aromatic carbocycles. The molecule has 3 rings (SSSR count). The maximum atomic E-state index is 13.3. The Bertz CT molecular complexity index is 948. The highest BCUT2D eigenvalue weighted by Gasteiger charge is 2.10. The molecule has 0 aliphatic rings. The molecular weight excluding hydrogens is 475 g/mol. The minimum absolute atomic E-state index is 0.0686. The third kappa shape index (κ3) is 5.29. The number of nitrogens with one attached hydrogen (secondary N) is 1. The Morgan fingerprint density at radius 3 is 2.37 bits per heavy atom. The zero-order valence-corrected chi connectivity index (χ0v) is 17.8. The lowest BCUT2D eigenvalue weighted by Gasteiger charge is -2.15. The zero-order chi connectivity index (χ0) is 19.4. The van der Waals surface area contributed by atoms with Crippen molar-refractivity contribution in [1.82, 2.24) is 0 Å². The number of anilines is 1. The summed E-state index contributed by atoms with van der Waals surface area (Å²) >= 11 is 21.7. The summed E-state index contributed by atoms with van der Waals surface area (Å²) in [5, 5.41) is 4.39. The van der Waals surface area contributed by atoms with E-state index >= 15 is 0 Å². The van der Waals surface area contributed by atoms with E-state index < -0.39 is 5.82 Å². The second kappa shape index (κ2) is 9.16. The number of ether oxygens (including phenoxy) is 1. The normalized spacial score (nSPS) is 10.7. The minimum Gasteiger partial charge on any atom is -0.488 e. The summed E-state index contributed by atoms with van der Waals surface area (Å²) in [5.41, 5.74) is 2.35. The molecule has 7 heteroatoms. The van der Waals surface area contributed by atoms with Crippen LogP contribution in [0.3, 0.4) is 0 Å². The smallest absolute Gasteiger partial charge is 0.141 e. The largest absolute Gasteiger partial charge is 0.488 e. The van der Waals surface area contributed by atoms with E-state index in [-0.39, 0.29) is 11.6 Å². The Morgan fingerprint density at radius 1 is 0.926 bits per heavy atom. The topological polar surface area (TPSA) is 21.3 Å². The van der Waals surface area contributed by atoms with Gasteiger partial charge < -0.3 is 10.1 Å². The predicted octanol–water partition coefficient (Wildman–Crippen LogP) is 7.74. The van der Waals surface area contributed by atoms with Crippen LogP contribution < -0.4 is 10.1 Å². The van der Waals surface area contributed by atoms with Gasteiger partial charge in [0, 0.05) is 37.9 Å². The molecular formula is C20H14BrCl3FNO. The molecule has 0 aliphatic carbocycles. The van der Waals surface area contributed by atoms with Crippen LogP contribution in [0.25, 0.3) is 0 Å². The van der Waals surface area contributed by atoms with E-state index in [9.17, 15) is 4.39 Å². The fraction of sp³-hybridized carbons (Fsp3) is 0.100. The van der Waals surface area contributed by atoms with Gasteiger partial charge in [0.1, 0.15) is 18.2 Å². The second-order valence-corrected chi connectivity index (χ2v) is 7.86. The lowest BCUT2D eigenvalue weighted by atomic mass is 10.2. The van der Waals surface area contributed by atoms with Gasteiger partial charge in [-0.05, 0) is 48.5 Å². The summed E-state index contributed by atoms with van der Waals surface area (Å²) in [4.78, 5) is 0. The molecule has 0 heterocycles. The first-order valence-electron chi connectivity index (χ1n) is 7.97. The van der Waals surface area contributed by atoms with Crippen molar-refractivity contribution in [3.05, 3.63) is 91.1 Å². The van der Waals surface area contributed by atoms with Gasteiger partial charge in [-0.15, -0.1) is 0 Å². The SMILES string of the molecule is Fc1ccc(NCc2cc(Br)ccc2OCc2c(Cl)cccc2Cl)cc1Cl. The average Bonchev–Trinajstić information content (AvgIpc) is 2.63. The molecule has 0 saturated carbocycles. The molecule has 0 fully saturated rings. The Labute approximate surface area is 180 Å². The van der Waals surface area contributed by atoms with Crippen LogP contribution in [-0.2, 0) is 13.2 Å². The standard InChI is InChI=1S/C20H14BrCl3FNO/c21-13-4-7-20(27-11-15-16(22)2-1-3-17(15)23)12(8-13)10-26-14-5-6-19(25)18(24)9-14/h1-9,26H,10-11H2. The van der Waals surface area contributed by atoms with Crippen LogP contribution in [0.4, 0.5) is 10.1 Å². The third-order valence-electron chi connectivity index (χ3n) is 3.86. The molecule has 0 saturated heterocycles. The summed E-state index contributed by atoms with van der Waals surface area (Å²) in [5.74, 6) is 0.236. The molecule has 1 N–H and O–H groups in total. The highest BCUT2D eigenvalue weighted by molar-refractivity contribution is 9.10.